The van der Waals surface area contributed by atoms with E-state index in [1.54, 1.807) is 6.07 Å². The van der Waals surface area contributed by atoms with Crippen molar-refractivity contribution in [2.24, 2.45) is 0 Å². The van der Waals surface area contributed by atoms with E-state index in [1.165, 1.54) is 48.5 Å². The lowest BCUT2D eigenvalue weighted by molar-refractivity contribution is -0.113. The summed E-state index contributed by atoms with van der Waals surface area (Å²) < 4.78 is 13.2. The van der Waals surface area contributed by atoms with E-state index in [9.17, 15) is 19.1 Å². The second-order valence-corrected chi connectivity index (χ2v) is 5.58. The minimum atomic E-state index is -0.468. The first-order valence-corrected chi connectivity index (χ1v) is 7.19. The number of phenols is 1. The summed E-state index contributed by atoms with van der Waals surface area (Å²) in [6.45, 7) is 0. The molecular formula is C16H10FNO3S. The first-order chi connectivity index (χ1) is 10.5. The lowest BCUT2D eigenvalue weighted by Crippen LogP contribution is -2.27. The molecule has 0 unspecified atom stereocenters. The number of amides is 2. The molecule has 0 radical (unpaired) electrons. The van der Waals surface area contributed by atoms with Gasteiger partial charge in [-0.15, -0.1) is 0 Å². The number of rotatable bonds is 2. The molecule has 110 valence electrons. The summed E-state index contributed by atoms with van der Waals surface area (Å²) in [6, 6.07) is 11.5. The summed E-state index contributed by atoms with van der Waals surface area (Å²) in [7, 11) is 0. The predicted molar refractivity (Wildman–Crippen MR) is 83.0 cm³/mol. The maximum Gasteiger partial charge on any atom is 0.298 e. The molecule has 1 aliphatic rings. The van der Waals surface area contributed by atoms with Gasteiger partial charge in [-0.3, -0.25) is 9.59 Å². The Hall–Kier alpha value is -2.60. The first-order valence-electron chi connectivity index (χ1n) is 6.37. The fourth-order valence-corrected chi connectivity index (χ4v) is 2.88. The van der Waals surface area contributed by atoms with Crippen LogP contribution >= 0.6 is 11.8 Å². The number of aromatic hydroxyl groups is 1. The highest BCUT2D eigenvalue weighted by Gasteiger charge is 2.36. The van der Waals surface area contributed by atoms with Crippen LogP contribution in [0.2, 0.25) is 0 Å². The molecule has 0 bridgehead atoms. The quantitative estimate of drug-likeness (QED) is 0.857. The predicted octanol–water partition coefficient (Wildman–Crippen LogP) is 3.77. The smallest absolute Gasteiger partial charge is 0.298 e. The molecule has 1 saturated heterocycles. The fourth-order valence-electron chi connectivity index (χ4n) is 2.04. The minimum absolute atomic E-state index is 0.0472. The van der Waals surface area contributed by atoms with E-state index in [-0.39, 0.29) is 10.7 Å². The summed E-state index contributed by atoms with van der Waals surface area (Å²) in [5.41, 5.74) is 0.888. The highest BCUT2D eigenvalue weighted by molar-refractivity contribution is 8.19. The number of halogens is 1. The third kappa shape index (κ3) is 2.73. The summed E-state index contributed by atoms with van der Waals surface area (Å²) >= 11 is 0.795. The number of nitrogens with zero attached hydrogens (tertiary/aromatic N) is 1. The summed E-state index contributed by atoms with van der Waals surface area (Å²) in [4.78, 5) is 25.6. The standard InChI is InChI=1S/C16H10FNO3S/c17-11-3-1-2-10(8-11)9-14-15(20)18(16(21)22-14)12-4-6-13(19)7-5-12/h1-9,19H. The van der Waals surface area contributed by atoms with Crippen LogP contribution in [0.5, 0.6) is 5.75 Å². The number of hydrogen-bond acceptors (Lipinski definition) is 4. The normalized spacial score (nSPS) is 16.6. The van der Waals surface area contributed by atoms with Gasteiger partial charge in [0.05, 0.1) is 10.6 Å². The number of anilines is 1. The van der Waals surface area contributed by atoms with Crippen molar-refractivity contribution in [2.75, 3.05) is 4.90 Å². The van der Waals surface area contributed by atoms with Gasteiger partial charge in [0, 0.05) is 0 Å². The van der Waals surface area contributed by atoms with Crippen molar-refractivity contribution in [1.29, 1.82) is 0 Å². The minimum Gasteiger partial charge on any atom is -0.508 e. The molecule has 0 aromatic heterocycles. The van der Waals surface area contributed by atoms with Crippen LogP contribution in [0.1, 0.15) is 5.56 Å². The van der Waals surface area contributed by atoms with Gasteiger partial charge in [0.2, 0.25) is 0 Å². The molecule has 0 atom stereocenters. The molecule has 0 saturated carbocycles. The number of phenolic OH excluding ortho intramolecular Hbond substituents is 1. The van der Waals surface area contributed by atoms with Crippen LogP contribution < -0.4 is 4.90 Å². The Labute approximate surface area is 129 Å². The lowest BCUT2D eigenvalue weighted by Gasteiger charge is -2.12. The third-order valence-electron chi connectivity index (χ3n) is 3.05. The Morgan fingerprint density at radius 1 is 1.09 bits per heavy atom. The maximum atomic E-state index is 13.2. The zero-order valence-electron chi connectivity index (χ0n) is 11.2. The molecule has 1 heterocycles. The summed E-state index contributed by atoms with van der Waals surface area (Å²) in [5, 5.41) is 8.83. The molecule has 2 aromatic rings. The Balaban J connectivity index is 1.93. The lowest BCUT2D eigenvalue weighted by atomic mass is 10.2. The van der Waals surface area contributed by atoms with Crippen LogP contribution in [-0.2, 0) is 4.79 Å². The number of carbonyl (C=O) groups excluding carboxylic acids is 2. The van der Waals surface area contributed by atoms with Crippen LogP contribution in [-0.4, -0.2) is 16.3 Å². The maximum absolute atomic E-state index is 13.2. The molecule has 6 heteroatoms. The zero-order valence-corrected chi connectivity index (χ0v) is 12.0. The van der Waals surface area contributed by atoms with Gasteiger partial charge in [0.15, 0.2) is 0 Å². The SMILES string of the molecule is O=C1SC(=Cc2cccc(F)c2)C(=O)N1c1ccc(O)cc1. The van der Waals surface area contributed by atoms with Crippen molar-refractivity contribution in [3.63, 3.8) is 0 Å². The van der Waals surface area contributed by atoms with Gasteiger partial charge in [-0.05, 0) is 59.8 Å². The van der Waals surface area contributed by atoms with E-state index in [1.807, 2.05) is 0 Å². The molecule has 4 nitrogen and oxygen atoms in total. The Kier molecular flexibility index (Phi) is 3.68. The largest absolute Gasteiger partial charge is 0.508 e. The molecule has 22 heavy (non-hydrogen) atoms. The van der Waals surface area contributed by atoms with E-state index in [0.29, 0.717) is 11.3 Å². The van der Waals surface area contributed by atoms with Gasteiger partial charge in [-0.25, -0.2) is 9.29 Å². The highest BCUT2D eigenvalue weighted by Crippen LogP contribution is 2.36. The molecule has 2 aromatic carbocycles. The molecule has 3 rings (SSSR count). The topological polar surface area (TPSA) is 57.6 Å². The van der Waals surface area contributed by atoms with E-state index in [4.69, 9.17) is 0 Å². The first kappa shape index (κ1) is 14.3. The number of carbonyl (C=O) groups is 2. The summed E-state index contributed by atoms with van der Waals surface area (Å²) in [6.07, 6.45) is 1.48. The highest BCUT2D eigenvalue weighted by atomic mass is 32.2. The van der Waals surface area contributed by atoms with E-state index < -0.39 is 17.0 Å². The second kappa shape index (κ2) is 5.65. The van der Waals surface area contributed by atoms with Gasteiger partial charge in [-0.1, -0.05) is 12.1 Å². The van der Waals surface area contributed by atoms with Gasteiger partial charge in [0.25, 0.3) is 11.1 Å². The third-order valence-corrected chi connectivity index (χ3v) is 3.92. The average molecular weight is 315 g/mol. The van der Waals surface area contributed by atoms with Crippen LogP contribution in [0.4, 0.5) is 14.9 Å². The number of benzene rings is 2. The number of hydrogen-bond donors (Lipinski definition) is 1. The van der Waals surface area contributed by atoms with Gasteiger partial charge >= 0.3 is 0 Å². The van der Waals surface area contributed by atoms with Crippen molar-refractivity contribution in [3.8, 4) is 5.75 Å². The van der Waals surface area contributed by atoms with Crippen molar-refractivity contribution in [1.82, 2.24) is 0 Å². The second-order valence-electron chi connectivity index (χ2n) is 4.59. The Bertz CT molecular complexity index is 786. The van der Waals surface area contributed by atoms with Crippen LogP contribution in [0.3, 0.4) is 0 Å². The summed E-state index contributed by atoms with van der Waals surface area (Å²) in [5.74, 6) is -0.831. The van der Waals surface area contributed by atoms with Gasteiger partial charge < -0.3 is 5.11 Å². The van der Waals surface area contributed by atoms with Crippen LogP contribution in [0.25, 0.3) is 6.08 Å². The number of thioether (sulfide) groups is 1. The van der Waals surface area contributed by atoms with Crippen LogP contribution in [0, 0.1) is 5.82 Å². The molecule has 0 spiro atoms. The van der Waals surface area contributed by atoms with E-state index in [0.717, 1.165) is 16.7 Å². The molecule has 1 fully saturated rings. The van der Waals surface area contributed by atoms with E-state index in [2.05, 4.69) is 0 Å². The van der Waals surface area contributed by atoms with E-state index >= 15 is 0 Å². The van der Waals surface area contributed by atoms with Crippen molar-refractivity contribution < 1.29 is 19.1 Å². The van der Waals surface area contributed by atoms with Crippen LogP contribution in [0.15, 0.2) is 53.4 Å². The molecule has 1 aliphatic heterocycles. The molecule has 1 N–H and O–H groups in total. The van der Waals surface area contributed by atoms with Crippen molar-refractivity contribution in [2.45, 2.75) is 0 Å². The van der Waals surface area contributed by atoms with Crippen molar-refractivity contribution in [3.05, 3.63) is 64.8 Å². The van der Waals surface area contributed by atoms with Crippen molar-refractivity contribution >= 4 is 34.7 Å². The molecular weight excluding hydrogens is 305 g/mol. The Morgan fingerprint density at radius 3 is 2.50 bits per heavy atom. The monoisotopic (exact) mass is 315 g/mol. The molecule has 0 aliphatic carbocycles. The molecule has 2 amide bonds. The van der Waals surface area contributed by atoms with Gasteiger partial charge in [0.1, 0.15) is 11.6 Å². The van der Waals surface area contributed by atoms with Gasteiger partial charge in [-0.2, -0.15) is 0 Å². The average Bonchev–Trinajstić information content (AvgIpc) is 2.75. The fraction of sp³-hybridized carbons (Fsp3) is 0. The Morgan fingerprint density at radius 2 is 1.82 bits per heavy atom. The zero-order chi connectivity index (χ0) is 15.7. The number of imide groups is 1.